The van der Waals surface area contributed by atoms with Crippen molar-refractivity contribution in [2.45, 2.75) is 24.3 Å². The van der Waals surface area contributed by atoms with E-state index in [0.717, 1.165) is 16.9 Å². The Bertz CT molecular complexity index is 767. The molecule has 110 valence electrons. The predicted octanol–water partition coefficient (Wildman–Crippen LogP) is 2.35. The first kappa shape index (κ1) is 13.9. The zero-order chi connectivity index (χ0) is 15.0. The van der Waals surface area contributed by atoms with Gasteiger partial charge in [-0.3, -0.25) is 0 Å². The van der Waals surface area contributed by atoms with Crippen molar-refractivity contribution in [2.24, 2.45) is 0 Å². The van der Waals surface area contributed by atoms with Gasteiger partial charge in [-0.15, -0.1) is 0 Å². The van der Waals surface area contributed by atoms with E-state index in [-0.39, 0.29) is 16.8 Å². The average Bonchev–Trinajstić information content (AvgIpc) is 2.79. The molecule has 0 aliphatic carbocycles. The van der Waals surface area contributed by atoms with Crippen LogP contribution in [0.5, 0.6) is 5.75 Å². The van der Waals surface area contributed by atoms with Crippen molar-refractivity contribution in [1.82, 2.24) is 0 Å². The fourth-order valence-corrected chi connectivity index (χ4v) is 3.98. The van der Waals surface area contributed by atoms with Crippen LogP contribution in [-0.2, 0) is 16.3 Å². The standard InChI is InChI=1S/C16H17NO3S/c1-11-2-7-16-12(8-11)9-14(20-16)10-21(18,19)15-5-3-13(17)4-6-15/h2-8,14H,9-10,17H2,1H3. The zero-order valence-electron chi connectivity index (χ0n) is 11.7. The molecule has 0 radical (unpaired) electrons. The number of nitrogen functional groups attached to an aromatic ring is 1. The van der Waals surface area contributed by atoms with Crippen molar-refractivity contribution in [3.05, 3.63) is 53.6 Å². The van der Waals surface area contributed by atoms with Crippen molar-refractivity contribution in [2.75, 3.05) is 11.5 Å². The number of sulfone groups is 1. The Kier molecular flexibility index (Phi) is 3.37. The summed E-state index contributed by atoms with van der Waals surface area (Å²) in [6.07, 6.45) is 0.301. The molecule has 0 saturated carbocycles. The minimum absolute atomic E-state index is 0.0232. The third kappa shape index (κ3) is 2.88. The molecule has 1 aliphatic heterocycles. The Balaban J connectivity index is 1.77. The number of nitrogens with two attached hydrogens (primary N) is 1. The number of fused-ring (bicyclic) bond motifs is 1. The maximum absolute atomic E-state index is 12.4. The van der Waals surface area contributed by atoms with Crippen LogP contribution in [0.1, 0.15) is 11.1 Å². The quantitative estimate of drug-likeness (QED) is 0.884. The van der Waals surface area contributed by atoms with Gasteiger partial charge in [0.15, 0.2) is 9.84 Å². The summed E-state index contributed by atoms with van der Waals surface area (Å²) in [6.45, 7) is 2.01. The van der Waals surface area contributed by atoms with Crippen molar-refractivity contribution < 1.29 is 13.2 Å². The van der Waals surface area contributed by atoms with Gasteiger partial charge in [0.05, 0.1) is 10.6 Å². The van der Waals surface area contributed by atoms with Crippen LogP contribution in [-0.4, -0.2) is 20.3 Å². The highest BCUT2D eigenvalue weighted by atomic mass is 32.2. The summed E-state index contributed by atoms with van der Waals surface area (Å²) in [7, 11) is -3.37. The molecule has 5 heteroatoms. The Hall–Kier alpha value is -2.01. The lowest BCUT2D eigenvalue weighted by Crippen LogP contribution is -2.25. The zero-order valence-corrected chi connectivity index (χ0v) is 12.6. The van der Waals surface area contributed by atoms with Crippen LogP contribution in [0, 0.1) is 6.92 Å². The monoisotopic (exact) mass is 303 g/mol. The molecule has 2 aromatic carbocycles. The lowest BCUT2D eigenvalue weighted by Gasteiger charge is -2.11. The number of ether oxygens (including phenoxy) is 1. The molecule has 2 N–H and O–H groups in total. The highest BCUT2D eigenvalue weighted by Gasteiger charge is 2.28. The van der Waals surface area contributed by atoms with Crippen LogP contribution in [0.3, 0.4) is 0 Å². The Morgan fingerprint density at radius 1 is 1.19 bits per heavy atom. The van der Waals surface area contributed by atoms with E-state index in [2.05, 4.69) is 0 Å². The van der Waals surface area contributed by atoms with Gasteiger partial charge in [-0.05, 0) is 42.8 Å². The van der Waals surface area contributed by atoms with Gasteiger partial charge in [0, 0.05) is 12.1 Å². The van der Waals surface area contributed by atoms with E-state index in [1.54, 1.807) is 12.1 Å². The van der Waals surface area contributed by atoms with Crippen LogP contribution < -0.4 is 10.5 Å². The SMILES string of the molecule is Cc1ccc2c(c1)CC(CS(=O)(=O)c1ccc(N)cc1)O2. The van der Waals surface area contributed by atoms with Gasteiger partial charge in [0.25, 0.3) is 0 Å². The first-order valence-corrected chi connectivity index (χ1v) is 8.44. The molecule has 1 aliphatic rings. The molecule has 4 nitrogen and oxygen atoms in total. The minimum Gasteiger partial charge on any atom is -0.489 e. The second-order valence-electron chi connectivity index (χ2n) is 5.41. The summed E-state index contributed by atoms with van der Waals surface area (Å²) in [4.78, 5) is 0.285. The van der Waals surface area contributed by atoms with E-state index in [4.69, 9.17) is 10.5 Å². The van der Waals surface area contributed by atoms with Crippen molar-refractivity contribution in [3.63, 3.8) is 0 Å². The highest BCUT2D eigenvalue weighted by molar-refractivity contribution is 7.91. The van der Waals surface area contributed by atoms with Gasteiger partial charge in [0.2, 0.25) is 0 Å². The molecule has 3 rings (SSSR count). The molecule has 0 bridgehead atoms. The molecule has 1 atom stereocenters. The van der Waals surface area contributed by atoms with E-state index in [1.165, 1.54) is 12.1 Å². The molecule has 0 aromatic heterocycles. The van der Waals surface area contributed by atoms with Crippen LogP contribution >= 0.6 is 0 Å². The van der Waals surface area contributed by atoms with Gasteiger partial charge < -0.3 is 10.5 Å². The van der Waals surface area contributed by atoms with E-state index in [0.29, 0.717) is 12.1 Å². The number of anilines is 1. The van der Waals surface area contributed by atoms with Gasteiger partial charge in [0.1, 0.15) is 11.9 Å². The van der Waals surface area contributed by atoms with Crippen LogP contribution in [0.4, 0.5) is 5.69 Å². The molecule has 0 saturated heterocycles. The number of benzene rings is 2. The summed E-state index contributed by atoms with van der Waals surface area (Å²) < 4.78 is 30.5. The van der Waals surface area contributed by atoms with Crippen LogP contribution in [0.2, 0.25) is 0 Å². The topological polar surface area (TPSA) is 69.4 Å². The number of hydrogen-bond donors (Lipinski definition) is 1. The smallest absolute Gasteiger partial charge is 0.182 e. The lowest BCUT2D eigenvalue weighted by molar-refractivity contribution is 0.256. The van der Waals surface area contributed by atoms with Crippen LogP contribution in [0.25, 0.3) is 0 Å². The molecule has 1 heterocycles. The molecule has 0 amide bonds. The Morgan fingerprint density at radius 3 is 2.62 bits per heavy atom. The van der Waals surface area contributed by atoms with E-state index in [1.807, 2.05) is 25.1 Å². The first-order chi connectivity index (χ1) is 9.94. The van der Waals surface area contributed by atoms with Gasteiger partial charge >= 0.3 is 0 Å². The van der Waals surface area contributed by atoms with E-state index >= 15 is 0 Å². The first-order valence-electron chi connectivity index (χ1n) is 6.78. The maximum atomic E-state index is 12.4. The minimum atomic E-state index is -3.37. The maximum Gasteiger partial charge on any atom is 0.182 e. The number of rotatable bonds is 3. The van der Waals surface area contributed by atoms with Crippen molar-refractivity contribution in [3.8, 4) is 5.75 Å². The molecule has 2 aromatic rings. The molecule has 21 heavy (non-hydrogen) atoms. The molecular weight excluding hydrogens is 286 g/mol. The molecular formula is C16H17NO3S. The Morgan fingerprint density at radius 2 is 1.90 bits per heavy atom. The highest BCUT2D eigenvalue weighted by Crippen LogP contribution is 2.30. The third-order valence-electron chi connectivity index (χ3n) is 3.60. The fraction of sp³-hybridized carbons (Fsp3) is 0.250. The fourth-order valence-electron chi connectivity index (χ4n) is 2.56. The summed E-state index contributed by atoms with van der Waals surface area (Å²) in [6, 6.07) is 12.2. The molecule has 0 spiro atoms. The largest absolute Gasteiger partial charge is 0.489 e. The summed E-state index contributed by atoms with van der Waals surface area (Å²) >= 11 is 0. The number of aryl methyl sites for hydroxylation is 1. The lowest BCUT2D eigenvalue weighted by atomic mass is 10.1. The third-order valence-corrected chi connectivity index (χ3v) is 5.40. The predicted molar refractivity (Wildman–Crippen MR) is 82.2 cm³/mol. The molecule has 1 unspecified atom stereocenters. The van der Waals surface area contributed by atoms with E-state index in [9.17, 15) is 8.42 Å². The second kappa shape index (κ2) is 5.07. The van der Waals surface area contributed by atoms with Crippen LogP contribution in [0.15, 0.2) is 47.4 Å². The Labute approximate surface area is 124 Å². The summed E-state index contributed by atoms with van der Waals surface area (Å²) in [5.74, 6) is 0.767. The van der Waals surface area contributed by atoms with Crippen molar-refractivity contribution >= 4 is 15.5 Å². The van der Waals surface area contributed by atoms with Gasteiger partial charge in [-0.25, -0.2) is 8.42 Å². The van der Waals surface area contributed by atoms with Crippen molar-refractivity contribution in [1.29, 1.82) is 0 Å². The van der Waals surface area contributed by atoms with Gasteiger partial charge in [-0.1, -0.05) is 17.7 Å². The molecule has 0 fully saturated rings. The number of hydrogen-bond acceptors (Lipinski definition) is 4. The summed E-state index contributed by atoms with van der Waals surface area (Å²) in [5, 5.41) is 0. The second-order valence-corrected chi connectivity index (χ2v) is 7.44. The normalized spacial score (nSPS) is 17.3. The average molecular weight is 303 g/mol. The summed E-state index contributed by atoms with van der Waals surface area (Å²) in [5.41, 5.74) is 8.36. The van der Waals surface area contributed by atoms with Gasteiger partial charge in [-0.2, -0.15) is 0 Å². The van der Waals surface area contributed by atoms with E-state index < -0.39 is 9.84 Å².